The van der Waals surface area contributed by atoms with E-state index < -0.39 is 46.0 Å². The van der Waals surface area contributed by atoms with Crippen LogP contribution in [0.4, 0.5) is 19.2 Å². The maximum Gasteiger partial charge on any atom is 0.407 e. The summed E-state index contributed by atoms with van der Waals surface area (Å²) in [5, 5.41) is 11.2. The third-order valence-electron chi connectivity index (χ3n) is 8.79. The minimum Gasteiger partial charge on any atom is -0.460 e. The summed E-state index contributed by atoms with van der Waals surface area (Å²) in [6.07, 6.45) is 1.05. The molecule has 0 fully saturated rings. The van der Waals surface area contributed by atoms with Crippen molar-refractivity contribution in [2.24, 2.45) is 11.5 Å². The number of rotatable bonds is 32. The van der Waals surface area contributed by atoms with Crippen LogP contribution in [0.2, 0.25) is 0 Å². The predicted molar refractivity (Wildman–Crippen MR) is 250 cm³/mol. The molecular weight excluding hydrogens is 882 g/mol. The Labute approximate surface area is 386 Å². The van der Waals surface area contributed by atoms with Crippen LogP contribution in [0.25, 0.3) is 0 Å². The van der Waals surface area contributed by atoms with Gasteiger partial charge in [-0.2, -0.15) is 0 Å². The van der Waals surface area contributed by atoms with Crippen molar-refractivity contribution in [3.8, 4) is 0 Å². The molecule has 0 aliphatic heterocycles. The molecule has 0 radical (unpaired) electrons. The topological polar surface area (TPSA) is 241 Å². The van der Waals surface area contributed by atoms with E-state index >= 15 is 0 Å². The fraction of sp³-hybridized carbons (Fsp3) is 0.884. The van der Waals surface area contributed by atoms with Gasteiger partial charge in [-0.05, 0) is 167 Å². The number of amides is 4. The van der Waals surface area contributed by atoms with E-state index in [1.807, 2.05) is 62.3 Å². The fourth-order valence-corrected chi connectivity index (χ4v) is 6.18. The van der Waals surface area contributed by atoms with Crippen LogP contribution < -0.4 is 32.7 Å². The summed E-state index contributed by atoms with van der Waals surface area (Å²) in [7, 11) is 0. The van der Waals surface area contributed by atoms with Gasteiger partial charge in [0.2, 0.25) is 0 Å². The molecule has 19 nitrogen and oxygen atoms in total. The lowest BCUT2D eigenvalue weighted by atomic mass is 10.2. The zero-order chi connectivity index (χ0) is 48.1. The largest absolute Gasteiger partial charge is 0.460 e. The lowest BCUT2D eigenvalue weighted by Crippen LogP contribution is -2.41. The van der Waals surface area contributed by atoms with Crippen molar-refractivity contribution in [1.29, 1.82) is 0 Å². The van der Waals surface area contributed by atoms with Crippen LogP contribution in [0.3, 0.4) is 0 Å². The van der Waals surface area contributed by atoms with Gasteiger partial charge >= 0.3 is 30.3 Å². The smallest absolute Gasteiger partial charge is 0.407 e. The lowest BCUT2D eigenvalue weighted by Gasteiger charge is -2.27. The molecule has 0 aromatic carbocycles. The molecule has 0 aliphatic rings. The van der Waals surface area contributed by atoms with Crippen molar-refractivity contribution in [1.82, 2.24) is 36.0 Å². The van der Waals surface area contributed by atoms with Crippen molar-refractivity contribution < 1.29 is 47.7 Å². The van der Waals surface area contributed by atoms with Crippen LogP contribution in [0.15, 0.2) is 0 Å². The highest BCUT2D eigenvalue weighted by molar-refractivity contribution is 9.10. The minimum absolute atomic E-state index is 0.364. The third kappa shape index (κ3) is 35.8. The molecule has 0 aromatic rings. The Morgan fingerprint density at radius 1 is 0.476 bits per heavy atom. The molecule has 8 N–H and O–H groups in total. The molecule has 3 unspecified atom stereocenters. The lowest BCUT2D eigenvalue weighted by molar-refractivity contribution is -0.150. The fourth-order valence-electron chi connectivity index (χ4n) is 6.09. The van der Waals surface area contributed by atoms with Crippen LogP contribution in [-0.2, 0) is 28.5 Å². The Morgan fingerprint density at radius 2 is 0.746 bits per heavy atom. The first kappa shape index (κ1) is 59.8. The summed E-state index contributed by atoms with van der Waals surface area (Å²) < 4.78 is 26.7. The van der Waals surface area contributed by atoms with E-state index in [2.05, 4.69) is 51.9 Å². The van der Waals surface area contributed by atoms with Crippen LogP contribution in [-0.4, -0.2) is 177 Å². The number of hydrogen-bond donors (Lipinski definition) is 6. The van der Waals surface area contributed by atoms with E-state index in [4.69, 9.17) is 35.2 Å². The number of carbonyl (C=O) groups is 5. The highest BCUT2D eigenvalue weighted by Gasteiger charge is 2.28. The van der Waals surface area contributed by atoms with Gasteiger partial charge in [0, 0.05) is 45.8 Å². The Kier molecular flexibility index (Phi) is 30.8. The maximum atomic E-state index is 12.7. The number of nitrogens with two attached hydrogens (primary N) is 2. The second-order valence-corrected chi connectivity index (χ2v) is 20.4. The van der Waals surface area contributed by atoms with Gasteiger partial charge in [-0.15, -0.1) is 0 Å². The van der Waals surface area contributed by atoms with Gasteiger partial charge in [-0.25, -0.2) is 19.2 Å². The Balaban J connectivity index is 5.00. The Bertz CT molecular complexity index is 1220. The summed E-state index contributed by atoms with van der Waals surface area (Å²) in [5.74, 6) is -0.370. The first-order valence-corrected chi connectivity index (χ1v) is 23.4. The SMILES string of the molecule is CC(CN(CCCN)CCCNC(=O)OC(C)(C)C)OC(=O)NCCCN(CCCNC(=O)OC(C)CN(CCCN)CCCNC(=O)OC(C)(C)C)CC(C)OC(=O)C(C)(C)Br. The molecule has 0 aromatic heterocycles. The van der Waals surface area contributed by atoms with Crippen molar-refractivity contribution in [2.45, 2.75) is 149 Å². The van der Waals surface area contributed by atoms with Crippen molar-refractivity contribution >= 4 is 46.3 Å². The van der Waals surface area contributed by atoms with Crippen molar-refractivity contribution in [3.05, 3.63) is 0 Å². The van der Waals surface area contributed by atoms with Crippen LogP contribution in [0.1, 0.15) is 115 Å². The number of alkyl carbamates (subject to hydrolysis) is 4. The number of carbonyl (C=O) groups excluding carboxylic acids is 5. The molecule has 0 spiro atoms. The van der Waals surface area contributed by atoms with Gasteiger partial charge in [-0.3, -0.25) is 19.5 Å². The second kappa shape index (κ2) is 32.5. The number of nitrogens with zero attached hydrogens (tertiary/aromatic N) is 3. The molecule has 20 heteroatoms. The van der Waals surface area contributed by atoms with Gasteiger partial charge in [0.1, 0.15) is 33.8 Å². The Morgan fingerprint density at radius 3 is 1.02 bits per heavy atom. The summed E-state index contributed by atoms with van der Waals surface area (Å²) in [6, 6.07) is 0. The molecule has 370 valence electrons. The summed E-state index contributed by atoms with van der Waals surface area (Å²) >= 11 is 3.36. The number of halogens is 1. The number of esters is 1. The van der Waals surface area contributed by atoms with Crippen LogP contribution in [0.5, 0.6) is 0 Å². The van der Waals surface area contributed by atoms with E-state index in [0.717, 1.165) is 25.9 Å². The van der Waals surface area contributed by atoms with Crippen LogP contribution >= 0.6 is 15.9 Å². The van der Waals surface area contributed by atoms with Gasteiger partial charge < -0.3 is 56.4 Å². The molecule has 0 rings (SSSR count). The van der Waals surface area contributed by atoms with Gasteiger partial charge in [-0.1, -0.05) is 15.9 Å². The number of ether oxygens (including phenoxy) is 5. The monoisotopic (exact) mass is 968 g/mol. The summed E-state index contributed by atoms with van der Waals surface area (Å²) in [6.45, 7) is 28.1. The van der Waals surface area contributed by atoms with Crippen molar-refractivity contribution in [3.63, 3.8) is 0 Å². The van der Waals surface area contributed by atoms with E-state index in [1.165, 1.54) is 0 Å². The summed E-state index contributed by atoms with van der Waals surface area (Å²) in [4.78, 5) is 68.4. The van der Waals surface area contributed by atoms with Gasteiger partial charge in [0.25, 0.3) is 0 Å². The van der Waals surface area contributed by atoms with Gasteiger partial charge in [0.05, 0.1) is 0 Å². The first-order valence-electron chi connectivity index (χ1n) is 22.6. The maximum absolute atomic E-state index is 12.7. The quantitative estimate of drug-likeness (QED) is 0.0235. The normalized spacial score (nSPS) is 13.5. The second-order valence-electron chi connectivity index (χ2n) is 18.4. The molecular formula is C43H86BrN9O10. The van der Waals surface area contributed by atoms with Gasteiger partial charge in [0.15, 0.2) is 0 Å². The molecule has 3 atom stereocenters. The predicted octanol–water partition coefficient (Wildman–Crippen LogP) is 4.53. The third-order valence-corrected chi connectivity index (χ3v) is 9.12. The number of nitrogens with one attached hydrogen (secondary N) is 4. The van der Waals surface area contributed by atoms with E-state index in [0.29, 0.717) is 111 Å². The molecule has 0 bridgehead atoms. The number of hydrogen-bond acceptors (Lipinski definition) is 15. The summed E-state index contributed by atoms with van der Waals surface area (Å²) in [5.41, 5.74) is 10.4. The average Bonchev–Trinajstić information content (AvgIpc) is 3.14. The Hall–Kier alpha value is -3.17. The van der Waals surface area contributed by atoms with Crippen LogP contribution in [0, 0.1) is 0 Å². The minimum atomic E-state index is -0.824. The van der Waals surface area contributed by atoms with E-state index in [9.17, 15) is 24.0 Å². The highest BCUT2D eigenvalue weighted by atomic mass is 79.9. The average molecular weight is 969 g/mol. The molecule has 0 saturated heterocycles. The zero-order valence-corrected chi connectivity index (χ0v) is 42.1. The van der Waals surface area contributed by atoms with E-state index in [-0.39, 0.29) is 18.2 Å². The van der Waals surface area contributed by atoms with Crippen molar-refractivity contribution in [2.75, 3.05) is 98.2 Å². The zero-order valence-electron chi connectivity index (χ0n) is 40.5. The number of alkyl halides is 1. The molecule has 4 amide bonds. The highest BCUT2D eigenvalue weighted by Crippen LogP contribution is 2.19. The standard InChI is InChI=1S/C43H86BrN9O10/c1-33(59-36(54)43(10,11)44)30-53(28-14-20-47-37(55)60-34(2)31-51(24-12-18-45)26-16-22-49-39(57)62-41(4,5)6)29-15-21-48-38(56)61-35(3)32-52(25-13-19-46)27-17-23-50-40(58)63-42(7,8)9/h33-35H,12-32,45-46H2,1-11H3,(H,47,55)(H,48,56)(H,49,57)(H,50,58). The van der Waals surface area contributed by atoms with E-state index in [1.54, 1.807) is 13.8 Å². The molecule has 0 aliphatic carbocycles. The molecule has 0 saturated carbocycles. The molecule has 63 heavy (non-hydrogen) atoms. The molecule has 0 heterocycles. The first-order chi connectivity index (χ1) is 29.3.